The summed E-state index contributed by atoms with van der Waals surface area (Å²) in [6, 6.07) is 7.93. The number of hydrogen-bond donors (Lipinski definition) is 1. The topological polar surface area (TPSA) is 68.5 Å². The molecule has 3 aromatic rings. The monoisotopic (exact) mass is 420 g/mol. The molecule has 0 unspecified atom stereocenters. The molecule has 1 aliphatic rings. The Labute approximate surface area is 184 Å². The Morgan fingerprint density at radius 2 is 2.00 bits per heavy atom. The highest BCUT2D eigenvalue weighted by Crippen LogP contribution is 2.25. The predicted octanol–water partition coefficient (Wildman–Crippen LogP) is 4.81. The molecule has 1 N–H and O–H groups in total. The zero-order chi connectivity index (χ0) is 22.0. The number of carbonyl (C=O) groups excluding carboxylic acids is 1. The van der Waals surface area contributed by atoms with Gasteiger partial charge in [0.15, 0.2) is 0 Å². The summed E-state index contributed by atoms with van der Waals surface area (Å²) in [6.07, 6.45) is 9.61. The summed E-state index contributed by atoms with van der Waals surface area (Å²) in [5.41, 5.74) is 4.26. The summed E-state index contributed by atoms with van der Waals surface area (Å²) in [7, 11) is 0. The average Bonchev–Trinajstić information content (AvgIpc) is 3.18. The molecule has 4 rings (SSSR count). The van der Waals surface area contributed by atoms with Crippen LogP contribution in [0.15, 0.2) is 42.9 Å². The molecule has 0 spiro atoms. The van der Waals surface area contributed by atoms with Gasteiger partial charge in [0.25, 0.3) is 5.91 Å². The number of amides is 1. The smallest absolute Gasteiger partial charge is 0.255 e. The Morgan fingerprint density at radius 3 is 2.68 bits per heavy atom. The van der Waals surface area contributed by atoms with Gasteiger partial charge < -0.3 is 14.5 Å². The SMILES string of the molecule is Cc1cc(-c2cccnc2)nc2c(C(=O)NC3CCC(OCC(C)(C)C)CC3)ccn12. The molecule has 0 atom stereocenters. The highest BCUT2D eigenvalue weighted by atomic mass is 16.5. The van der Waals surface area contributed by atoms with Gasteiger partial charge in [-0.1, -0.05) is 20.8 Å². The number of fused-ring (bicyclic) bond motifs is 1. The molecule has 3 heterocycles. The fourth-order valence-electron chi connectivity index (χ4n) is 4.08. The second-order valence-electron chi connectivity index (χ2n) is 9.77. The maximum atomic E-state index is 13.1. The summed E-state index contributed by atoms with van der Waals surface area (Å²) in [5.74, 6) is -0.0585. The number of rotatable bonds is 5. The van der Waals surface area contributed by atoms with Crippen molar-refractivity contribution in [2.24, 2.45) is 5.41 Å². The van der Waals surface area contributed by atoms with Crippen molar-refractivity contribution in [3.05, 3.63) is 54.1 Å². The van der Waals surface area contributed by atoms with E-state index in [1.165, 1.54) is 0 Å². The lowest BCUT2D eigenvalue weighted by atomic mass is 9.92. The number of aryl methyl sites for hydroxylation is 1. The minimum Gasteiger partial charge on any atom is -0.378 e. The van der Waals surface area contributed by atoms with E-state index in [0.29, 0.717) is 17.3 Å². The summed E-state index contributed by atoms with van der Waals surface area (Å²) in [5, 5.41) is 3.22. The number of carbonyl (C=O) groups is 1. The van der Waals surface area contributed by atoms with E-state index in [2.05, 4.69) is 31.1 Å². The largest absolute Gasteiger partial charge is 0.378 e. The molecule has 0 bridgehead atoms. The predicted molar refractivity (Wildman–Crippen MR) is 122 cm³/mol. The van der Waals surface area contributed by atoms with Gasteiger partial charge in [-0.15, -0.1) is 0 Å². The maximum absolute atomic E-state index is 13.1. The molecule has 1 aliphatic carbocycles. The first-order valence-electron chi connectivity index (χ1n) is 11.1. The molecule has 31 heavy (non-hydrogen) atoms. The third-order valence-electron chi connectivity index (χ3n) is 5.77. The van der Waals surface area contributed by atoms with Crippen molar-refractivity contribution in [2.75, 3.05) is 6.61 Å². The van der Waals surface area contributed by atoms with Gasteiger partial charge in [-0.2, -0.15) is 0 Å². The summed E-state index contributed by atoms with van der Waals surface area (Å²) in [4.78, 5) is 22.0. The lowest BCUT2D eigenvalue weighted by Crippen LogP contribution is -2.39. The molecular weight excluding hydrogens is 388 g/mol. The van der Waals surface area contributed by atoms with Crippen molar-refractivity contribution in [3.63, 3.8) is 0 Å². The Balaban J connectivity index is 1.45. The van der Waals surface area contributed by atoms with Crippen LogP contribution in [0, 0.1) is 12.3 Å². The Morgan fingerprint density at radius 1 is 1.23 bits per heavy atom. The van der Waals surface area contributed by atoms with E-state index in [1.54, 1.807) is 12.4 Å². The Hall–Kier alpha value is -2.73. The molecule has 1 saturated carbocycles. The first-order chi connectivity index (χ1) is 14.8. The van der Waals surface area contributed by atoms with Crippen molar-refractivity contribution in [2.45, 2.75) is 65.5 Å². The highest BCUT2D eigenvalue weighted by molar-refractivity contribution is 6.00. The van der Waals surface area contributed by atoms with Crippen molar-refractivity contribution >= 4 is 11.6 Å². The van der Waals surface area contributed by atoms with Crippen LogP contribution in [0.4, 0.5) is 0 Å². The van der Waals surface area contributed by atoms with Gasteiger partial charge in [-0.3, -0.25) is 9.78 Å². The average molecular weight is 421 g/mol. The van der Waals surface area contributed by atoms with Gasteiger partial charge in [0.2, 0.25) is 0 Å². The zero-order valence-electron chi connectivity index (χ0n) is 18.9. The van der Waals surface area contributed by atoms with Crippen molar-refractivity contribution in [1.82, 2.24) is 19.7 Å². The van der Waals surface area contributed by atoms with Crippen molar-refractivity contribution in [1.29, 1.82) is 0 Å². The molecule has 0 aromatic carbocycles. The molecule has 0 radical (unpaired) electrons. The molecule has 1 fully saturated rings. The number of aromatic nitrogens is 3. The molecule has 3 aromatic heterocycles. The fraction of sp³-hybridized carbons (Fsp3) is 0.480. The van der Waals surface area contributed by atoms with E-state index >= 15 is 0 Å². The second kappa shape index (κ2) is 8.79. The van der Waals surface area contributed by atoms with E-state index < -0.39 is 0 Å². The second-order valence-corrected chi connectivity index (χ2v) is 9.77. The van der Waals surface area contributed by atoms with Gasteiger partial charge in [-0.05, 0) is 62.3 Å². The van der Waals surface area contributed by atoms with Gasteiger partial charge in [0, 0.05) is 35.9 Å². The molecular formula is C25H32N4O2. The lowest BCUT2D eigenvalue weighted by molar-refractivity contribution is -0.0134. The number of nitrogens with zero attached hydrogens (tertiary/aromatic N) is 3. The summed E-state index contributed by atoms with van der Waals surface area (Å²) in [6.45, 7) is 9.37. The number of hydrogen-bond acceptors (Lipinski definition) is 4. The van der Waals surface area contributed by atoms with Crippen molar-refractivity contribution < 1.29 is 9.53 Å². The number of pyridine rings is 1. The zero-order valence-corrected chi connectivity index (χ0v) is 18.9. The van der Waals surface area contributed by atoms with Crippen LogP contribution in [0.2, 0.25) is 0 Å². The minimum atomic E-state index is -0.0585. The first-order valence-corrected chi connectivity index (χ1v) is 11.1. The van der Waals surface area contributed by atoms with Crippen LogP contribution in [-0.2, 0) is 4.74 Å². The molecule has 6 nitrogen and oxygen atoms in total. The van der Waals surface area contributed by atoms with E-state index in [9.17, 15) is 4.79 Å². The van der Waals surface area contributed by atoms with Crippen LogP contribution in [0.5, 0.6) is 0 Å². The third-order valence-corrected chi connectivity index (χ3v) is 5.77. The number of ether oxygens (including phenoxy) is 1. The number of nitrogens with one attached hydrogen (secondary N) is 1. The normalized spacial score (nSPS) is 19.5. The molecule has 6 heteroatoms. The lowest BCUT2D eigenvalue weighted by Gasteiger charge is -2.31. The van der Waals surface area contributed by atoms with Crippen LogP contribution < -0.4 is 5.32 Å². The highest BCUT2D eigenvalue weighted by Gasteiger charge is 2.25. The van der Waals surface area contributed by atoms with Crippen molar-refractivity contribution in [3.8, 4) is 11.3 Å². The van der Waals surface area contributed by atoms with Crippen LogP contribution in [0.3, 0.4) is 0 Å². The first kappa shape index (κ1) is 21.5. The molecule has 0 saturated heterocycles. The Kier molecular flexibility index (Phi) is 6.10. The molecule has 164 valence electrons. The summed E-state index contributed by atoms with van der Waals surface area (Å²) >= 11 is 0. The fourth-order valence-corrected chi connectivity index (χ4v) is 4.08. The van der Waals surface area contributed by atoms with E-state index in [4.69, 9.17) is 9.72 Å². The van der Waals surface area contributed by atoms with E-state index in [1.807, 2.05) is 41.8 Å². The molecule has 1 amide bonds. The third kappa shape index (κ3) is 5.13. The van der Waals surface area contributed by atoms with Gasteiger partial charge in [0.1, 0.15) is 5.65 Å². The molecule has 0 aliphatic heterocycles. The van der Waals surface area contributed by atoms with Crippen LogP contribution in [0.1, 0.15) is 62.5 Å². The van der Waals surface area contributed by atoms with Gasteiger partial charge >= 0.3 is 0 Å². The Bertz CT molecular complexity index is 1040. The van der Waals surface area contributed by atoms with Gasteiger partial charge in [-0.25, -0.2) is 4.98 Å². The van der Waals surface area contributed by atoms with Crippen LogP contribution in [0.25, 0.3) is 16.9 Å². The van der Waals surface area contributed by atoms with Gasteiger partial charge in [0.05, 0.1) is 24.0 Å². The van der Waals surface area contributed by atoms with E-state index in [-0.39, 0.29) is 17.4 Å². The quantitative estimate of drug-likeness (QED) is 0.643. The van der Waals surface area contributed by atoms with Crippen LogP contribution in [-0.4, -0.2) is 39.0 Å². The van der Waals surface area contributed by atoms with E-state index in [0.717, 1.165) is 49.2 Å². The summed E-state index contributed by atoms with van der Waals surface area (Å²) < 4.78 is 8.03. The minimum absolute atomic E-state index is 0.0585. The maximum Gasteiger partial charge on any atom is 0.255 e. The van der Waals surface area contributed by atoms with Crippen LogP contribution >= 0.6 is 0 Å². The standard InChI is InChI=1S/C25H32N4O2/c1-17-14-22(18-6-5-12-26-15-18)28-23-21(11-13-29(17)23)24(30)27-19-7-9-20(10-8-19)31-16-25(2,3)4/h5-6,11-15,19-20H,7-10,16H2,1-4H3,(H,27,30).